The number of fused-ring (bicyclic) bond motifs is 1. The molecule has 1 fully saturated rings. The summed E-state index contributed by atoms with van der Waals surface area (Å²) in [6, 6.07) is 11.5. The molecule has 4 rings (SSSR count). The van der Waals surface area contributed by atoms with Crippen LogP contribution in [0.4, 0.5) is 16.2 Å². The molecule has 2 amide bonds. The topological polar surface area (TPSA) is 106 Å². The largest absolute Gasteiger partial charge is 0.376 e. The van der Waals surface area contributed by atoms with Crippen LogP contribution in [-0.4, -0.2) is 49.3 Å². The van der Waals surface area contributed by atoms with Crippen molar-refractivity contribution in [2.75, 3.05) is 22.8 Å². The van der Waals surface area contributed by atoms with E-state index in [-0.39, 0.29) is 35.0 Å². The number of nitrogens with zero attached hydrogens (tertiary/aromatic N) is 3. The second-order valence-corrected chi connectivity index (χ2v) is 13.3. The van der Waals surface area contributed by atoms with Crippen LogP contribution >= 0.6 is 0 Å². The van der Waals surface area contributed by atoms with Crippen molar-refractivity contribution in [3.8, 4) is 0 Å². The summed E-state index contributed by atoms with van der Waals surface area (Å²) in [6.45, 7) is 13.7. The molecule has 0 saturated carbocycles. The number of aromatic nitrogens is 2. The van der Waals surface area contributed by atoms with Crippen molar-refractivity contribution in [2.45, 2.75) is 89.8 Å². The standard InChI is InChI=1S/C29H41N5O4S/c1-7-34(39(36,37)24-14-11-21(12-15-24)31-28(35)30-20(2)3)22-13-16-26-25(18-22)32-27(29(4,5)6)33(26)19-23-10-8-9-17-38-23/h11-16,18,20,23H,7-10,17,19H2,1-6H3,(H2,30,31,35). The van der Waals surface area contributed by atoms with E-state index >= 15 is 0 Å². The van der Waals surface area contributed by atoms with Gasteiger partial charge in [-0.25, -0.2) is 18.2 Å². The van der Waals surface area contributed by atoms with Gasteiger partial charge in [0.2, 0.25) is 0 Å². The van der Waals surface area contributed by atoms with E-state index in [4.69, 9.17) is 9.72 Å². The lowest BCUT2D eigenvalue weighted by molar-refractivity contribution is 0.00583. The molecule has 212 valence electrons. The molecule has 1 saturated heterocycles. The van der Waals surface area contributed by atoms with E-state index in [1.807, 2.05) is 39.0 Å². The van der Waals surface area contributed by atoms with E-state index < -0.39 is 10.0 Å². The van der Waals surface area contributed by atoms with Gasteiger partial charge in [0.1, 0.15) is 5.82 Å². The Morgan fingerprint density at radius 3 is 2.46 bits per heavy atom. The minimum Gasteiger partial charge on any atom is -0.376 e. The lowest BCUT2D eigenvalue weighted by Gasteiger charge is -2.26. The van der Waals surface area contributed by atoms with Crippen molar-refractivity contribution >= 4 is 38.5 Å². The van der Waals surface area contributed by atoms with Crippen LogP contribution in [0, 0.1) is 0 Å². The Kier molecular flexibility index (Phi) is 8.56. The first-order chi connectivity index (χ1) is 18.4. The number of hydrogen-bond donors (Lipinski definition) is 2. The summed E-state index contributed by atoms with van der Waals surface area (Å²) in [7, 11) is -3.84. The van der Waals surface area contributed by atoms with Crippen LogP contribution in [0.3, 0.4) is 0 Å². The van der Waals surface area contributed by atoms with Crippen molar-refractivity contribution in [2.24, 2.45) is 0 Å². The molecule has 2 N–H and O–H groups in total. The highest BCUT2D eigenvalue weighted by atomic mass is 32.2. The highest BCUT2D eigenvalue weighted by Crippen LogP contribution is 2.32. The van der Waals surface area contributed by atoms with Gasteiger partial charge in [-0.3, -0.25) is 4.31 Å². The van der Waals surface area contributed by atoms with E-state index in [1.165, 1.54) is 16.4 Å². The van der Waals surface area contributed by atoms with Gasteiger partial charge in [-0.1, -0.05) is 20.8 Å². The van der Waals surface area contributed by atoms with Crippen LogP contribution in [0.5, 0.6) is 0 Å². The van der Waals surface area contributed by atoms with Crippen molar-refractivity contribution in [1.29, 1.82) is 0 Å². The van der Waals surface area contributed by atoms with Crippen LogP contribution in [0.15, 0.2) is 47.4 Å². The Morgan fingerprint density at radius 2 is 1.87 bits per heavy atom. The molecule has 1 aliphatic heterocycles. The number of imidazole rings is 1. The Balaban J connectivity index is 1.64. The zero-order chi connectivity index (χ0) is 28.4. The zero-order valence-corrected chi connectivity index (χ0v) is 24.6. The first-order valence-electron chi connectivity index (χ1n) is 13.7. The molecule has 3 aromatic rings. The molecule has 10 heteroatoms. The van der Waals surface area contributed by atoms with Gasteiger partial charge in [-0.2, -0.15) is 0 Å². The smallest absolute Gasteiger partial charge is 0.319 e. The van der Waals surface area contributed by atoms with Gasteiger partial charge in [0.15, 0.2) is 0 Å². The van der Waals surface area contributed by atoms with Crippen molar-refractivity contribution in [3.05, 3.63) is 48.3 Å². The third kappa shape index (κ3) is 6.55. The molecule has 1 unspecified atom stereocenters. The molecule has 0 bridgehead atoms. The highest BCUT2D eigenvalue weighted by Gasteiger charge is 2.28. The van der Waals surface area contributed by atoms with Crippen LogP contribution < -0.4 is 14.9 Å². The number of rotatable bonds is 8. The summed E-state index contributed by atoms with van der Waals surface area (Å²) in [4.78, 5) is 17.1. The quantitative estimate of drug-likeness (QED) is 0.374. The lowest BCUT2D eigenvalue weighted by atomic mass is 9.95. The summed E-state index contributed by atoms with van der Waals surface area (Å²) in [6.07, 6.45) is 3.45. The summed E-state index contributed by atoms with van der Waals surface area (Å²) in [5, 5.41) is 5.46. The van der Waals surface area contributed by atoms with Crippen LogP contribution in [0.2, 0.25) is 0 Å². The maximum absolute atomic E-state index is 13.7. The van der Waals surface area contributed by atoms with E-state index in [0.717, 1.165) is 49.3 Å². The van der Waals surface area contributed by atoms with Crippen LogP contribution in [0.25, 0.3) is 11.0 Å². The molecule has 1 aliphatic rings. The summed E-state index contributed by atoms with van der Waals surface area (Å²) < 4.78 is 37.0. The molecule has 9 nitrogen and oxygen atoms in total. The zero-order valence-electron chi connectivity index (χ0n) is 23.8. The molecule has 1 atom stereocenters. The Hall–Kier alpha value is -3.11. The third-order valence-electron chi connectivity index (χ3n) is 6.76. The number of nitrogens with one attached hydrogen (secondary N) is 2. The van der Waals surface area contributed by atoms with E-state index in [1.54, 1.807) is 12.1 Å². The maximum atomic E-state index is 13.7. The molecule has 39 heavy (non-hydrogen) atoms. The van der Waals surface area contributed by atoms with E-state index in [0.29, 0.717) is 11.4 Å². The number of carbonyl (C=O) groups excluding carboxylic acids is 1. The molecule has 0 radical (unpaired) electrons. The third-order valence-corrected chi connectivity index (χ3v) is 8.68. The highest BCUT2D eigenvalue weighted by molar-refractivity contribution is 7.92. The second-order valence-electron chi connectivity index (χ2n) is 11.4. The van der Waals surface area contributed by atoms with Crippen LogP contribution in [-0.2, 0) is 26.7 Å². The second kappa shape index (κ2) is 11.6. The fourth-order valence-corrected chi connectivity index (χ4v) is 6.41. The average Bonchev–Trinajstić information content (AvgIpc) is 3.23. The van der Waals surface area contributed by atoms with Gasteiger partial charge in [0.25, 0.3) is 10.0 Å². The SMILES string of the molecule is CCN(c1ccc2c(c1)nc(C(C)(C)C)n2CC1CCCCO1)S(=O)(=O)c1ccc(NC(=O)NC(C)C)cc1. The molecular weight excluding hydrogens is 514 g/mol. The number of urea groups is 1. The number of carbonyl (C=O) groups is 1. The fourth-order valence-electron chi connectivity index (χ4n) is 4.94. The monoisotopic (exact) mass is 555 g/mol. The summed E-state index contributed by atoms with van der Waals surface area (Å²) >= 11 is 0. The van der Waals surface area contributed by atoms with Gasteiger partial charge in [-0.05, 0) is 82.5 Å². The first kappa shape index (κ1) is 28.9. The molecule has 2 heterocycles. The van der Waals surface area contributed by atoms with Gasteiger partial charge in [-0.15, -0.1) is 0 Å². The minimum absolute atomic E-state index is 0.00781. The summed E-state index contributed by atoms with van der Waals surface area (Å²) in [5.74, 6) is 0.958. The van der Waals surface area contributed by atoms with Gasteiger partial charge in [0.05, 0.1) is 34.3 Å². The maximum Gasteiger partial charge on any atom is 0.319 e. The molecule has 0 spiro atoms. The number of amides is 2. The molecular formula is C29H41N5O4S. The lowest BCUT2D eigenvalue weighted by Crippen LogP contribution is -2.34. The molecule has 2 aromatic carbocycles. The predicted octanol–water partition coefficient (Wildman–Crippen LogP) is 5.65. The minimum atomic E-state index is -3.84. The average molecular weight is 556 g/mol. The molecule has 1 aromatic heterocycles. The Labute approximate surface area is 232 Å². The van der Waals surface area contributed by atoms with E-state index in [2.05, 4.69) is 36.0 Å². The molecule has 0 aliphatic carbocycles. The Morgan fingerprint density at radius 1 is 1.15 bits per heavy atom. The normalized spacial score (nSPS) is 16.4. The van der Waals surface area contributed by atoms with Crippen molar-refractivity contribution in [3.63, 3.8) is 0 Å². The van der Waals surface area contributed by atoms with Gasteiger partial charge >= 0.3 is 6.03 Å². The number of ether oxygens (including phenoxy) is 1. The Bertz CT molecular complexity index is 1400. The first-order valence-corrected chi connectivity index (χ1v) is 15.2. The number of sulfonamides is 1. The fraction of sp³-hybridized carbons (Fsp3) is 0.517. The van der Waals surface area contributed by atoms with Crippen molar-refractivity contribution < 1.29 is 17.9 Å². The summed E-state index contributed by atoms with van der Waals surface area (Å²) in [5.41, 5.74) is 2.62. The van der Waals surface area contributed by atoms with E-state index in [9.17, 15) is 13.2 Å². The number of hydrogen-bond acceptors (Lipinski definition) is 5. The predicted molar refractivity (Wildman–Crippen MR) is 156 cm³/mol. The van der Waals surface area contributed by atoms with Gasteiger partial charge < -0.3 is 19.9 Å². The number of anilines is 2. The van der Waals surface area contributed by atoms with Crippen LogP contribution in [0.1, 0.15) is 66.6 Å². The van der Waals surface area contributed by atoms with Crippen molar-refractivity contribution in [1.82, 2.24) is 14.9 Å². The van der Waals surface area contributed by atoms with Gasteiger partial charge in [0, 0.05) is 30.3 Å². The number of benzene rings is 2.